The third kappa shape index (κ3) is 2.11. The van der Waals surface area contributed by atoms with Crippen molar-refractivity contribution in [1.82, 2.24) is 4.90 Å². The van der Waals surface area contributed by atoms with Crippen molar-refractivity contribution in [1.29, 1.82) is 0 Å². The molecule has 1 amide bonds. The molecule has 3 rings (SSSR count). The van der Waals surface area contributed by atoms with E-state index in [1.54, 1.807) is 0 Å². The molecule has 3 atom stereocenters. The van der Waals surface area contributed by atoms with Crippen LogP contribution in [0.25, 0.3) is 0 Å². The summed E-state index contributed by atoms with van der Waals surface area (Å²) in [5.74, 6) is 5.33. The van der Waals surface area contributed by atoms with E-state index in [0.29, 0.717) is 5.91 Å². The average molecular weight is 239 g/mol. The van der Waals surface area contributed by atoms with Gasteiger partial charge < -0.3 is 4.90 Å². The maximum atomic E-state index is 12.1. The van der Waals surface area contributed by atoms with Gasteiger partial charge in [0.2, 0.25) is 5.91 Å². The van der Waals surface area contributed by atoms with Gasteiger partial charge in [-0.3, -0.25) is 4.79 Å². The van der Waals surface area contributed by atoms with E-state index in [2.05, 4.69) is 4.90 Å². The Morgan fingerprint density at radius 1 is 1.19 bits per heavy atom. The molecule has 0 aromatic heterocycles. The molecule has 2 saturated carbocycles. The number of hydrogen-bond donors (Lipinski definition) is 0. The SMILES string of the molecule is O=C(C[C@H]1C[C@H]2CC[C@H]1C2)N1CCSCC1. The summed E-state index contributed by atoms with van der Waals surface area (Å²) in [6.07, 6.45) is 6.47. The molecule has 1 aliphatic heterocycles. The molecule has 0 spiro atoms. The highest BCUT2D eigenvalue weighted by Crippen LogP contribution is 2.49. The normalized spacial score (nSPS) is 38.0. The molecule has 0 radical (unpaired) electrons. The molecule has 3 aliphatic rings. The van der Waals surface area contributed by atoms with E-state index in [1.165, 1.54) is 25.7 Å². The number of fused-ring (bicyclic) bond motifs is 2. The highest BCUT2D eigenvalue weighted by atomic mass is 32.2. The first kappa shape index (κ1) is 10.9. The van der Waals surface area contributed by atoms with E-state index < -0.39 is 0 Å². The minimum absolute atomic E-state index is 0.442. The van der Waals surface area contributed by atoms with Gasteiger partial charge >= 0.3 is 0 Å². The molecule has 0 aromatic rings. The van der Waals surface area contributed by atoms with Crippen molar-refractivity contribution in [2.24, 2.45) is 17.8 Å². The van der Waals surface area contributed by atoms with Crippen molar-refractivity contribution in [2.75, 3.05) is 24.6 Å². The van der Waals surface area contributed by atoms with Crippen LogP contribution >= 0.6 is 11.8 Å². The van der Waals surface area contributed by atoms with Crippen LogP contribution in [0, 0.1) is 17.8 Å². The lowest BCUT2D eigenvalue weighted by Gasteiger charge is -2.29. The maximum absolute atomic E-state index is 12.1. The van der Waals surface area contributed by atoms with E-state index in [4.69, 9.17) is 0 Å². The molecular weight excluding hydrogens is 218 g/mol. The van der Waals surface area contributed by atoms with Crippen LogP contribution in [0.3, 0.4) is 0 Å². The molecule has 2 nitrogen and oxygen atoms in total. The molecule has 0 N–H and O–H groups in total. The average Bonchev–Trinajstić information content (AvgIpc) is 2.92. The number of thioether (sulfide) groups is 1. The lowest BCUT2D eigenvalue weighted by molar-refractivity contribution is -0.132. The van der Waals surface area contributed by atoms with Gasteiger partial charge in [-0.1, -0.05) is 6.42 Å². The molecule has 3 fully saturated rings. The zero-order valence-electron chi connectivity index (χ0n) is 9.86. The van der Waals surface area contributed by atoms with E-state index in [-0.39, 0.29) is 0 Å². The summed E-state index contributed by atoms with van der Waals surface area (Å²) in [5, 5.41) is 0. The molecule has 2 aliphatic carbocycles. The van der Waals surface area contributed by atoms with Gasteiger partial charge in [-0.05, 0) is 37.0 Å². The van der Waals surface area contributed by atoms with Gasteiger partial charge in [0.15, 0.2) is 0 Å². The number of nitrogens with zero attached hydrogens (tertiary/aromatic N) is 1. The Morgan fingerprint density at radius 2 is 2.00 bits per heavy atom. The number of rotatable bonds is 2. The summed E-state index contributed by atoms with van der Waals surface area (Å²) in [4.78, 5) is 14.2. The second-order valence-corrected chi connectivity index (χ2v) is 6.86. The molecule has 1 heterocycles. The van der Waals surface area contributed by atoms with Crippen LogP contribution in [0.15, 0.2) is 0 Å². The van der Waals surface area contributed by atoms with Crippen LogP contribution in [0.2, 0.25) is 0 Å². The fraction of sp³-hybridized carbons (Fsp3) is 0.923. The Hall–Kier alpha value is -0.180. The molecule has 90 valence electrons. The molecule has 0 aromatic carbocycles. The Balaban J connectivity index is 1.52. The summed E-state index contributed by atoms with van der Waals surface area (Å²) < 4.78 is 0. The first-order chi connectivity index (χ1) is 7.83. The van der Waals surface area contributed by atoms with Crippen LogP contribution in [0.4, 0.5) is 0 Å². The lowest BCUT2D eigenvalue weighted by atomic mass is 9.86. The zero-order valence-corrected chi connectivity index (χ0v) is 10.7. The summed E-state index contributed by atoms with van der Waals surface area (Å²) in [7, 11) is 0. The predicted octanol–water partition coefficient (Wildman–Crippen LogP) is 2.39. The third-order valence-electron chi connectivity index (χ3n) is 4.69. The van der Waals surface area contributed by atoms with E-state index in [9.17, 15) is 4.79 Å². The zero-order chi connectivity index (χ0) is 11.0. The molecule has 3 heteroatoms. The summed E-state index contributed by atoms with van der Waals surface area (Å²) in [6.45, 7) is 1.98. The van der Waals surface area contributed by atoms with Gasteiger partial charge in [-0.15, -0.1) is 0 Å². The third-order valence-corrected chi connectivity index (χ3v) is 5.63. The lowest BCUT2D eigenvalue weighted by Crippen LogP contribution is -2.39. The van der Waals surface area contributed by atoms with Gasteiger partial charge in [0.05, 0.1) is 0 Å². The molecule has 1 saturated heterocycles. The quantitative estimate of drug-likeness (QED) is 0.737. The number of carbonyl (C=O) groups is 1. The molecule has 16 heavy (non-hydrogen) atoms. The van der Waals surface area contributed by atoms with E-state index in [1.807, 2.05) is 11.8 Å². The predicted molar refractivity (Wildman–Crippen MR) is 67.5 cm³/mol. The standard InChI is InChI=1S/C13H21NOS/c15-13(14-3-5-16-6-4-14)9-12-8-10-1-2-11(12)7-10/h10-12H,1-9H2/t10-,11-,12+/m0/s1. The highest BCUT2D eigenvalue weighted by molar-refractivity contribution is 7.99. The van der Waals surface area contributed by atoms with Crippen molar-refractivity contribution >= 4 is 17.7 Å². The van der Waals surface area contributed by atoms with Crippen molar-refractivity contribution in [2.45, 2.75) is 32.1 Å². The van der Waals surface area contributed by atoms with Crippen molar-refractivity contribution < 1.29 is 4.79 Å². The fourth-order valence-electron chi connectivity index (χ4n) is 3.79. The van der Waals surface area contributed by atoms with E-state index in [0.717, 1.165) is 48.8 Å². The first-order valence-electron chi connectivity index (χ1n) is 6.68. The van der Waals surface area contributed by atoms with Gasteiger partial charge in [0, 0.05) is 31.0 Å². The minimum atomic E-state index is 0.442. The molecule has 0 unspecified atom stereocenters. The highest BCUT2D eigenvalue weighted by Gasteiger charge is 2.40. The van der Waals surface area contributed by atoms with Crippen LogP contribution in [-0.2, 0) is 4.79 Å². The topological polar surface area (TPSA) is 20.3 Å². The summed E-state index contributed by atoms with van der Waals surface area (Å²) >= 11 is 1.98. The maximum Gasteiger partial charge on any atom is 0.222 e. The van der Waals surface area contributed by atoms with Gasteiger partial charge in [0.25, 0.3) is 0 Å². The summed E-state index contributed by atoms with van der Waals surface area (Å²) in [6, 6.07) is 0. The Labute approximate surface area is 102 Å². The molecule has 2 bridgehead atoms. The van der Waals surface area contributed by atoms with E-state index >= 15 is 0 Å². The number of hydrogen-bond acceptors (Lipinski definition) is 2. The Morgan fingerprint density at radius 3 is 2.62 bits per heavy atom. The number of amides is 1. The minimum Gasteiger partial charge on any atom is -0.341 e. The monoisotopic (exact) mass is 239 g/mol. The van der Waals surface area contributed by atoms with Gasteiger partial charge in [0.1, 0.15) is 0 Å². The largest absolute Gasteiger partial charge is 0.341 e. The van der Waals surface area contributed by atoms with Crippen LogP contribution in [0.1, 0.15) is 32.1 Å². The second-order valence-electron chi connectivity index (χ2n) is 5.63. The van der Waals surface area contributed by atoms with Gasteiger partial charge in [-0.2, -0.15) is 11.8 Å². The smallest absolute Gasteiger partial charge is 0.222 e. The first-order valence-corrected chi connectivity index (χ1v) is 7.84. The van der Waals surface area contributed by atoms with Crippen molar-refractivity contribution in [3.8, 4) is 0 Å². The second kappa shape index (κ2) is 4.59. The van der Waals surface area contributed by atoms with Gasteiger partial charge in [-0.25, -0.2) is 0 Å². The van der Waals surface area contributed by atoms with Crippen molar-refractivity contribution in [3.63, 3.8) is 0 Å². The van der Waals surface area contributed by atoms with Crippen LogP contribution < -0.4 is 0 Å². The molecular formula is C13H21NOS. The van der Waals surface area contributed by atoms with Crippen molar-refractivity contribution in [3.05, 3.63) is 0 Å². The Bertz CT molecular complexity index is 275. The Kier molecular flexibility index (Phi) is 3.14. The van der Waals surface area contributed by atoms with Crippen LogP contribution in [0.5, 0.6) is 0 Å². The summed E-state index contributed by atoms with van der Waals surface area (Å²) in [5.41, 5.74) is 0. The fourth-order valence-corrected chi connectivity index (χ4v) is 4.70. The number of carbonyl (C=O) groups excluding carboxylic acids is 1. The van der Waals surface area contributed by atoms with Crippen LogP contribution in [-0.4, -0.2) is 35.4 Å².